The van der Waals surface area contributed by atoms with Crippen molar-refractivity contribution in [1.82, 2.24) is 0 Å². The number of methoxy groups -OCH3 is 3. The number of ether oxygens (including phenoxy) is 5. The van der Waals surface area contributed by atoms with E-state index in [1.165, 1.54) is 72.0 Å². The first kappa shape index (κ1) is 29.0. The number of rotatable bonds is 18. The Bertz CT molecular complexity index is 943. The first-order valence-corrected chi connectivity index (χ1v) is 12.6. The van der Waals surface area contributed by atoms with Gasteiger partial charge in [-0.3, -0.25) is 4.79 Å². The predicted octanol–water partition coefficient (Wildman–Crippen LogP) is 6.81. The van der Waals surface area contributed by atoms with Gasteiger partial charge in [-0.15, -0.1) is 0 Å². The molecule has 0 bridgehead atoms. The highest BCUT2D eigenvalue weighted by atomic mass is 16.7. The number of carbonyl (C=O) groups excluding carboxylic acids is 1. The lowest BCUT2D eigenvalue weighted by molar-refractivity contribution is 0.0471. The van der Waals surface area contributed by atoms with Crippen molar-refractivity contribution in [3.8, 4) is 28.7 Å². The van der Waals surface area contributed by atoms with E-state index in [-0.39, 0.29) is 23.9 Å². The van der Waals surface area contributed by atoms with E-state index in [1.807, 2.05) is 0 Å². The van der Waals surface area contributed by atoms with Crippen molar-refractivity contribution < 1.29 is 33.6 Å². The first-order valence-electron chi connectivity index (χ1n) is 12.6. The van der Waals surface area contributed by atoms with Crippen molar-refractivity contribution >= 4 is 11.9 Å². The van der Waals surface area contributed by atoms with Gasteiger partial charge in [-0.1, -0.05) is 64.0 Å². The van der Waals surface area contributed by atoms with Crippen molar-refractivity contribution in [3.05, 3.63) is 47.5 Å². The van der Waals surface area contributed by atoms with Gasteiger partial charge in [0.15, 0.2) is 24.1 Å². The third kappa shape index (κ3) is 9.11. The van der Waals surface area contributed by atoms with Gasteiger partial charge in [0.1, 0.15) is 17.1 Å². The molecule has 0 amide bonds. The molecule has 0 fully saturated rings. The quantitative estimate of drug-likeness (QED) is 0.104. The summed E-state index contributed by atoms with van der Waals surface area (Å²) in [6.45, 7) is 2.76. The number of unbranched alkanes of at least 4 members (excludes halogenated alkanes) is 7. The highest BCUT2D eigenvalue weighted by Crippen LogP contribution is 2.39. The van der Waals surface area contributed by atoms with Crippen molar-refractivity contribution in [2.24, 2.45) is 0 Å². The van der Waals surface area contributed by atoms with Crippen molar-refractivity contribution in [3.63, 3.8) is 0 Å². The van der Waals surface area contributed by atoms with E-state index in [4.69, 9.17) is 23.7 Å². The van der Waals surface area contributed by atoms with Gasteiger partial charge in [-0.2, -0.15) is 0 Å². The molecular formula is C29H40O7. The van der Waals surface area contributed by atoms with E-state index >= 15 is 0 Å². The maximum atomic E-state index is 13.0. The number of carbonyl (C=O) groups is 1. The fraction of sp³-hybridized carbons (Fsp3) is 0.483. The third-order valence-electron chi connectivity index (χ3n) is 5.74. The molecule has 2 aromatic carbocycles. The van der Waals surface area contributed by atoms with E-state index in [0.717, 1.165) is 12.8 Å². The third-order valence-corrected chi connectivity index (χ3v) is 5.74. The molecule has 7 heteroatoms. The number of benzene rings is 2. The monoisotopic (exact) mass is 500 g/mol. The van der Waals surface area contributed by atoms with Gasteiger partial charge in [0, 0.05) is 7.11 Å². The molecule has 0 unspecified atom stereocenters. The van der Waals surface area contributed by atoms with E-state index in [9.17, 15) is 9.90 Å². The molecule has 0 aromatic heterocycles. The molecule has 0 aliphatic rings. The van der Waals surface area contributed by atoms with Crippen LogP contribution in [0.15, 0.2) is 36.4 Å². The van der Waals surface area contributed by atoms with E-state index < -0.39 is 0 Å². The van der Waals surface area contributed by atoms with Crippen molar-refractivity contribution in [1.29, 1.82) is 0 Å². The van der Waals surface area contributed by atoms with Crippen molar-refractivity contribution in [2.75, 3.05) is 34.7 Å². The summed E-state index contributed by atoms with van der Waals surface area (Å²) in [5, 5.41) is 10.4. The van der Waals surface area contributed by atoms with Crippen LogP contribution in [0.4, 0.5) is 0 Å². The number of hydrogen-bond acceptors (Lipinski definition) is 7. The molecule has 0 spiro atoms. The molecular weight excluding hydrogens is 460 g/mol. The summed E-state index contributed by atoms with van der Waals surface area (Å²) in [5.74, 6) is 1.19. The fourth-order valence-corrected chi connectivity index (χ4v) is 3.82. The summed E-state index contributed by atoms with van der Waals surface area (Å²) in [7, 11) is 4.56. The summed E-state index contributed by atoms with van der Waals surface area (Å²) in [6.07, 6.45) is 12.6. The van der Waals surface area contributed by atoms with E-state index in [1.54, 1.807) is 30.3 Å². The van der Waals surface area contributed by atoms with Crippen LogP contribution in [-0.4, -0.2) is 45.6 Å². The zero-order valence-corrected chi connectivity index (χ0v) is 22.0. The van der Waals surface area contributed by atoms with Crippen LogP contribution in [0.25, 0.3) is 6.08 Å². The molecule has 2 aromatic rings. The summed E-state index contributed by atoms with van der Waals surface area (Å²) in [4.78, 5) is 13.0. The lowest BCUT2D eigenvalue weighted by Gasteiger charge is -2.14. The van der Waals surface area contributed by atoms with E-state index in [2.05, 4.69) is 6.92 Å². The van der Waals surface area contributed by atoms with Crippen LogP contribution in [0.1, 0.15) is 74.2 Å². The second-order valence-electron chi connectivity index (χ2n) is 8.48. The molecule has 0 radical (unpaired) electrons. The SMILES string of the molecule is CCCCCCCCCCOc1cccc(O)c1C(=O)/C=C/c1cc(OC)c(OCOC)c(OC)c1. The van der Waals surface area contributed by atoms with Gasteiger partial charge >= 0.3 is 0 Å². The van der Waals surface area contributed by atoms with Crippen LogP contribution >= 0.6 is 0 Å². The number of allylic oxidation sites excluding steroid dienone is 1. The summed E-state index contributed by atoms with van der Waals surface area (Å²) < 4.78 is 27.2. The lowest BCUT2D eigenvalue weighted by atomic mass is 10.1. The molecule has 0 atom stereocenters. The van der Waals surface area contributed by atoms with Crippen LogP contribution in [0.2, 0.25) is 0 Å². The normalized spacial score (nSPS) is 11.0. The topological polar surface area (TPSA) is 83.5 Å². The van der Waals surface area contributed by atoms with Crippen LogP contribution in [0, 0.1) is 0 Å². The number of ketones is 1. The van der Waals surface area contributed by atoms with Crippen molar-refractivity contribution in [2.45, 2.75) is 58.3 Å². The summed E-state index contributed by atoms with van der Waals surface area (Å²) in [5.41, 5.74) is 0.811. The minimum atomic E-state index is -0.364. The highest BCUT2D eigenvalue weighted by molar-refractivity contribution is 6.10. The Morgan fingerprint density at radius 3 is 2.11 bits per heavy atom. The Balaban J connectivity index is 2.04. The first-order chi connectivity index (χ1) is 17.5. The summed E-state index contributed by atoms with van der Waals surface area (Å²) in [6, 6.07) is 8.31. The highest BCUT2D eigenvalue weighted by Gasteiger charge is 2.17. The maximum Gasteiger partial charge on any atom is 0.206 e. The van der Waals surface area contributed by atoms with Crippen LogP contribution in [0.3, 0.4) is 0 Å². The molecule has 2 rings (SSSR count). The Hall–Kier alpha value is -3.19. The Labute approximate surface area is 215 Å². The molecule has 0 aliphatic heterocycles. The minimum absolute atomic E-state index is 0.0371. The van der Waals surface area contributed by atoms with Gasteiger partial charge in [-0.05, 0) is 42.3 Å². The lowest BCUT2D eigenvalue weighted by Crippen LogP contribution is -2.04. The van der Waals surface area contributed by atoms with Crippen LogP contribution in [0.5, 0.6) is 28.7 Å². The molecule has 0 heterocycles. The second-order valence-corrected chi connectivity index (χ2v) is 8.48. The Morgan fingerprint density at radius 2 is 1.50 bits per heavy atom. The molecule has 7 nitrogen and oxygen atoms in total. The molecule has 36 heavy (non-hydrogen) atoms. The fourth-order valence-electron chi connectivity index (χ4n) is 3.82. The number of aromatic hydroxyl groups is 1. The predicted molar refractivity (Wildman–Crippen MR) is 142 cm³/mol. The molecule has 0 aliphatic carbocycles. The number of phenolic OH excluding ortho intramolecular Hbond substituents is 1. The van der Waals surface area contributed by atoms with Gasteiger partial charge < -0.3 is 28.8 Å². The van der Waals surface area contributed by atoms with Crippen LogP contribution in [-0.2, 0) is 4.74 Å². The minimum Gasteiger partial charge on any atom is -0.507 e. The number of hydrogen-bond donors (Lipinski definition) is 1. The van der Waals surface area contributed by atoms with Crippen LogP contribution < -0.4 is 18.9 Å². The molecule has 198 valence electrons. The standard InChI is InChI=1S/C29H40O7/c1-5-6-7-8-9-10-11-12-18-35-25-15-13-14-23(30)28(25)24(31)17-16-22-19-26(33-3)29(36-21-32-2)27(20-22)34-4/h13-17,19-20,30H,5-12,18,21H2,1-4H3/b17-16+. The smallest absolute Gasteiger partial charge is 0.206 e. The van der Waals surface area contributed by atoms with Gasteiger partial charge in [0.25, 0.3) is 0 Å². The second kappa shape index (κ2) is 16.5. The largest absolute Gasteiger partial charge is 0.507 e. The Kier molecular flexibility index (Phi) is 13.3. The molecule has 1 N–H and O–H groups in total. The molecule has 0 saturated carbocycles. The zero-order chi connectivity index (χ0) is 26.2. The zero-order valence-electron chi connectivity index (χ0n) is 22.0. The average Bonchev–Trinajstić information content (AvgIpc) is 2.89. The maximum absolute atomic E-state index is 13.0. The summed E-state index contributed by atoms with van der Waals surface area (Å²) >= 11 is 0. The Morgan fingerprint density at radius 1 is 0.861 bits per heavy atom. The van der Waals surface area contributed by atoms with Gasteiger partial charge in [0.2, 0.25) is 5.75 Å². The average molecular weight is 501 g/mol. The van der Waals surface area contributed by atoms with Gasteiger partial charge in [-0.25, -0.2) is 0 Å². The van der Waals surface area contributed by atoms with Gasteiger partial charge in [0.05, 0.1) is 20.8 Å². The molecule has 0 saturated heterocycles. The number of phenols is 1. The van der Waals surface area contributed by atoms with E-state index in [0.29, 0.717) is 35.2 Å².